The molecule has 142 valence electrons. The number of hydrogen-bond acceptors (Lipinski definition) is 4. The van der Waals surface area contributed by atoms with Gasteiger partial charge in [-0.05, 0) is 38.0 Å². The second-order valence-electron chi connectivity index (χ2n) is 6.95. The highest BCUT2D eigenvalue weighted by molar-refractivity contribution is 6.01. The summed E-state index contributed by atoms with van der Waals surface area (Å²) in [5.41, 5.74) is -0.378. The number of piperazine rings is 1. The average Bonchev–Trinajstić information content (AvgIpc) is 2.65. The van der Waals surface area contributed by atoms with Crippen LogP contribution in [0.3, 0.4) is 0 Å². The van der Waals surface area contributed by atoms with E-state index in [1.54, 1.807) is 12.0 Å². The molecule has 26 heavy (non-hydrogen) atoms. The zero-order valence-corrected chi connectivity index (χ0v) is 15.5. The van der Waals surface area contributed by atoms with Crippen LogP contribution >= 0.6 is 0 Å². The van der Waals surface area contributed by atoms with Crippen LogP contribution in [0.15, 0.2) is 24.3 Å². The molecule has 0 aromatic heterocycles. The Hall–Kier alpha value is -2.57. The first-order valence-corrected chi connectivity index (χ1v) is 8.69. The predicted molar refractivity (Wildman–Crippen MR) is 95.9 cm³/mol. The number of aliphatic carboxylic acids is 1. The Balaban J connectivity index is 1.82. The summed E-state index contributed by atoms with van der Waals surface area (Å²) in [6.07, 6.45) is 1.05. The van der Waals surface area contributed by atoms with Gasteiger partial charge in [-0.1, -0.05) is 12.1 Å². The molecule has 1 aliphatic rings. The van der Waals surface area contributed by atoms with Crippen LogP contribution in [0.2, 0.25) is 0 Å². The molecule has 1 saturated heterocycles. The van der Waals surface area contributed by atoms with E-state index in [1.807, 2.05) is 24.3 Å². The second kappa shape index (κ2) is 8.21. The van der Waals surface area contributed by atoms with Gasteiger partial charge in [0.25, 0.3) is 0 Å². The molecule has 0 bridgehead atoms. The first-order valence-electron chi connectivity index (χ1n) is 8.69. The SMILES string of the molecule is COc1ccc(CCC(=O)N2CCN(C(=O)C(C)(C)C(=O)O)CC2)cc1. The number of rotatable bonds is 6. The monoisotopic (exact) mass is 362 g/mol. The number of ether oxygens (including phenoxy) is 1. The maximum absolute atomic E-state index is 12.4. The average molecular weight is 362 g/mol. The van der Waals surface area contributed by atoms with Crippen molar-refractivity contribution in [2.75, 3.05) is 33.3 Å². The van der Waals surface area contributed by atoms with E-state index in [4.69, 9.17) is 4.74 Å². The molecule has 2 amide bonds. The Kier molecular flexibility index (Phi) is 6.23. The van der Waals surface area contributed by atoms with Gasteiger partial charge < -0.3 is 19.6 Å². The fraction of sp³-hybridized carbons (Fsp3) is 0.526. The molecule has 7 nitrogen and oxygen atoms in total. The fourth-order valence-electron chi connectivity index (χ4n) is 2.85. The van der Waals surface area contributed by atoms with Gasteiger partial charge in [0.05, 0.1) is 7.11 Å². The van der Waals surface area contributed by atoms with Gasteiger partial charge in [-0.15, -0.1) is 0 Å². The number of carboxylic acids is 1. The Bertz CT molecular complexity index is 661. The molecule has 1 aliphatic heterocycles. The lowest BCUT2D eigenvalue weighted by atomic mass is 9.91. The molecule has 0 spiro atoms. The molecule has 0 radical (unpaired) electrons. The standard InChI is InChI=1S/C19H26N2O5/c1-19(2,18(24)25)17(23)21-12-10-20(11-13-21)16(22)9-6-14-4-7-15(26-3)8-5-14/h4-5,7-8H,6,9-13H2,1-3H3,(H,24,25). The number of nitrogens with zero attached hydrogens (tertiary/aromatic N) is 2. The van der Waals surface area contributed by atoms with Gasteiger partial charge in [-0.2, -0.15) is 0 Å². The number of carbonyl (C=O) groups excluding carboxylic acids is 2. The van der Waals surface area contributed by atoms with Crippen LogP contribution in [0, 0.1) is 5.41 Å². The van der Waals surface area contributed by atoms with Crippen molar-refractivity contribution < 1.29 is 24.2 Å². The summed E-state index contributed by atoms with van der Waals surface area (Å²) in [5, 5.41) is 9.17. The highest BCUT2D eigenvalue weighted by Crippen LogP contribution is 2.20. The van der Waals surface area contributed by atoms with Gasteiger partial charge in [0.15, 0.2) is 0 Å². The third kappa shape index (κ3) is 4.53. The largest absolute Gasteiger partial charge is 0.497 e. The first-order chi connectivity index (χ1) is 12.3. The van der Waals surface area contributed by atoms with Crippen molar-refractivity contribution in [3.05, 3.63) is 29.8 Å². The number of amides is 2. The van der Waals surface area contributed by atoms with Gasteiger partial charge >= 0.3 is 5.97 Å². The Morgan fingerprint density at radius 3 is 2.08 bits per heavy atom. The summed E-state index contributed by atoms with van der Waals surface area (Å²) in [4.78, 5) is 39.2. The molecule has 2 rings (SSSR count). The Morgan fingerprint density at radius 1 is 1.04 bits per heavy atom. The molecule has 0 unspecified atom stereocenters. The van der Waals surface area contributed by atoms with Crippen molar-refractivity contribution in [2.24, 2.45) is 5.41 Å². The first kappa shape index (κ1) is 19.8. The van der Waals surface area contributed by atoms with Gasteiger partial charge in [-0.3, -0.25) is 14.4 Å². The zero-order valence-electron chi connectivity index (χ0n) is 15.5. The molecular weight excluding hydrogens is 336 g/mol. The quantitative estimate of drug-likeness (QED) is 0.773. The topological polar surface area (TPSA) is 87.2 Å². The smallest absolute Gasteiger partial charge is 0.318 e. The number of carbonyl (C=O) groups is 3. The highest BCUT2D eigenvalue weighted by Gasteiger charge is 2.40. The molecule has 1 fully saturated rings. The Morgan fingerprint density at radius 2 is 1.58 bits per heavy atom. The van der Waals surface area contributed by atoms with Crippen LogP contribution in [0.1, 0.15) is 25.8 Å². The van der Waals surface area contributed by atoms with Gasteiger partial charge in [0.2, 0.25) is 11.8 Å². The predicted octanol–water partition coefficient (Wildman–Crippen LogP) is 1.41. The van der Waals surface area contributed by atoms with Crippen molar-refractivity contribution in [1.29, 1.82) is 0 Å². The summed E-state index contributed by atoms with van der Waals surface area (Å²) in [6.45, 7) is 4.41. The van der Waals surface area contributed by atoms with E-state index in [1.165, 1.54) is 18.7 Å². The molecule has 1 aromatic carbocycles. The lowest BCUT2D eigenvalue weighted by Gasteiger charge is -2.37. The lowest BCUT2D eigenvalue weighted by molar-refractivity contribution is -0.160. The van der Waals surface area contributed by atoms with E-state index >= 15 is 0 Å². The van der Waals surface area contributed by atoms with Crippen LogP contribution < -0.4 is 4.74 Å². The molecule has 1 aromatic rings. The zero-order chi connectivity index (χ0) is 19.3. The van der Waals surface area contributed by atoms with Crippen molar-refractivity contribution in [2.45, 2.75) is 26.7 Å². The minimum Gasteiger partial charge on any atom is -0.497 e. The van der Waals surface area contributed by atoms with Crippen molar-refractivity contribution in [3.63, 3.8) is 0 Å². The van der Waals surface area contributed by atoms with Crippen LogP contribution in [-0.4, -0.2) is 66.0 Å². The normalized spacial score (nSPS) is 14.9. The molecule has 0 atom stereocenters. The van der Waals surface area contributed by atoms with E-state index in [2.05, 4.69) is 0 Å². The van der Waals surface area contributed by atoms with E-state index in [9.17, 15) is 19.5 Å². The summed E-state index contributed by atoms with van der Waals surface area (Å²) >= 11 is 0. The molecule has 0 saturated carbocycles. The number of aryl methyl sites for hydroxylation is 1. The van der Waals surface area contributed by atoms with Crippen molar-refractivity contribution >= 4 is 17.8 Å². The summed E-state index contributed by atoms with van der Waals surface area (Å²) in [6, 6.07) is 7.62. The highest BCUT2D eigenvalue weighted by atomic mass is 16.5. The van der Waals surface area contributed by atoms with Crippen LogP contribution in [-0.2, 0) is 20.8 Å². The maximum Gasteiger partial charge on any atom is 0.318 e. The minimum absolute atomic E-state index is 0.0467. The van der Waals surface area contributed by atoms with E-state index in [0.717, 1.165) is 11.3 Å². The van der Waals surface area contributed by atoms with Gasteiger partial charge in [0, 0.05) is 32.6 Å². The third-order valence-corrected chi connectivity index (χ3v) is 4.78. The molecule has 7 heteroatoms. The Labute approximate surface area is 153 Å². The van der Waals surface area contributed by atoms with Crippen molar-refractivity contribution in [1.82, 2.24) is 9.80 Å². The van der Waals surface area contributed by atoms with Crippen LogP contribution in [0.25, 0.3) is 0 Å². The van der Waals surface area contributed by atoms with Gasteiger partial charge in [0.1, 0.15) is 11.2 Å². The summed E-state index contributed by atoms with van der Waals surface area (Å²) in [5.74, 6) is -0.716. The van der Waals surface area contributed by atoms with Gasteiger partial charge in [-0.25, -0.2) is 0 Å². The summed E-state index contributed by atoms with van der Waals surface area (Å²) in [7, 11) is 1.61. The minimum atomic E-state index is -1.44. The molecule has 1 heterocycles. The van der Waals surface area contributed by atoms with E-state index < -0.39 is 17.3 Å². The molecular formula is C19H26N2O5. The molecule has 0 aliphatic carbocycles. The van der Waals surface area contributed by atoms with Crippen molar-refractivity contribution in [3.8, 4) is 5.75 Å². The number of benzene rings is 1. The fourth-order valence-corrected chi connectivity index (χ4v) is 2.85. The number of methoxy groups -OCH3 is 1. The van der Waals surface area contributed by atoms with E-state index in [0.29, 0.717) is 39.0 Å². The second-order valence-corrected chi connectivity index (χ2v) is 6.95. The maximum atomic E-state index is 12.4. The summed E-state index contributed by atoms with van der Waals surface area (Å²) < 4.78 is 5.11. The third-order valence-electron chi connectivity index (χ3n) is 4.78. The number of carboxylic acid groups (broad SMARTS) is 1. The lowest BCUT2D eigenvalue weighted by Crippen LogP contribution is -2.54. The number of hydrogen-bond donors (Lipinski definition) is 1. The van der Waals surface area contributed by atoms with Crippen LogP contribution in [0.5, 0.6) is 5.75 Å². The van der Waals surface area contributed by atoms with E-state index in [-0.39, 0.29) is 5.91 Å². The molecule has 1 N–H and O–H groups in total. The van der Waals surface area contributed by atoms with Crippen LogP contribution in [0.4, 0.5) is 0 Å².